The number of rotatable bonds is 42. The standard InChI is InChI=1S/C42H88O4Si/c1-2-3-4-5-6-7-8-9-10-11-12-13-14-15-16-17-18-19-20-21-22-23-24-25-26-27-28-29-30-31-32-33-34-35-36-37-38-39-40-41-42-46-47(43,44)45/h43-45H,2-42H2,1H3. The van der Waals surface area contributed by atoms with Crippen LogP contribution in [0.2, 0.25) is 0 Å². The molecule has 3 N–H and O–H groups in total. The van der Waals surface area contributed by atoms with Crippen LogP contribution in [0, 0.1) is 0 Å². The van der Waals surface area contributed by atoms with E-state index in [2.05, 4.69) is 11.3 Å². The molecular formula is C42H88O4Si. The molecule has 5 heteroatoms. The predicted octanol–water partition coefficient (Wildman–Crippen LogP) is 14.0. The molecule has 284 valence electrons. The first-order valence-electron chi connectivity index (χ1n) is 21.9. The average molecular weight is 685 g/mol. The van der Waals surface area contributed by atoms with Crippen LogP contribution in [-0.2, 0) is 4.43 Å². The summed E-state index contributed by atoms with van der Waals surface area (Å²) in [4.78, 5) is 26.3. The van der Waals surface area contributed by atoms with Gasteiger partial charge in [-0.2, -0.15) is 0 Å². The van der Waals surface area contributed by atoms with Crippen LogP contribution >= 0.6 is 0 Å². The molecule has 0 fully saturated rings. The first-order valence-corrected chi connectivity index (χ1v) is 23.6. The lowest BCUT2D eigenvalue weighted by atomic mass is 10.0. The number of hydrogen-bond donors (Lipinski definition) is 3. The van der Waals surface area contributed by atoms with Crippen molar-refractivity contribution in [3.8, 4) is 0 Å². The minimum Gasteiger partial charge on any atom is -0.368 e. The van der Waals surface area contributed by atoms with Crippen LogP contribution in [0.3, 0.4) is 0 Å². The molecule has 47 heavy (non-hydrogen) atoms. The van der Waals surface area contributed by atoms with Gasteiger partial charge in [-0.1, -0.05) is 257 Å². The van der Waals surface area contributed by atoms with Gasteiger partial charge in [-0.25, -0.2) is 0 Å². The average Bonchev–Trinajstić information content (AvgIpc) is 3.05. The van der Waals surface area contributed by atoms with Gasteiger partial charge in [0.1, 0.15) is 0 Å². The molecule has 0 aliphatic carbocycles. The summed E-state index contributed by atoms with van der Waals surface area (Å²) >= 11 is 0. The minimum absolute atomic E-state index is 0.245. The second kappa shape index (κ2) is 40.5. The van der Waals surface area contributed by atoms with Crippen molar-refractivity contribution in [2.45, 2.75) is 264 Å². The van der Waals surface area contributed by atoms with E-state index in [1.54, 1.807) is 0 Å². The molecule has 0 spiro atoms. The monoisotopic (exact) mass is 685 g/mol. The third-order valence-electron chi connectivity index (χ3n) is 10.3. The van der Waals surface area contributed by atoms with Crippen molar-refractivity contribution in [3.05, 3.63) is 0 Å². The maximum absolute atomic E-state index is 8.78. The van der Waals surface area contributed by atoms with Gasteiger partial charge in [0.2, 0.25) is 0 Å². The van der Waals surface area contributed by atoms with Gasteiger partial charge in [-0.15, -0.1) is 0 Å². The SMILES string of the molecule is CCCCCCCCCCCCCCCCCCCCCCCCCCCCCCCCCCCCCCCCCCO[Si](O)(O)O. The Morgan fingerprint density at radius 2 is 0.404 bits per heavy atom. The van der Waals surface area contributed by atoms with Crippen molar-refractivity contribution in [1.82, 2.24) is 0 Å². The van der Waals surface area contributed by atoms with Gasteiger partial charge in [0.05, 0.1) is 0 Å². The molecule has 0 unspecified atom stereocenters. The summed E-state index contributed by atoms with van der Waals surface area (Å²) in [5.74, 6) is 0. The summed E-state index contributed by atoms with van der Waals surface area (Å²) in [6.45, 7) is 2.55. The topological polar surface area (TPSA) is 69.9 Å². The zero-order valence-corrected chi connectivity index (χ0v) is 33.2. The first-order chi connectivity index (χ1) is 23.1. The van der Waals surface area contributed by atoms with Crippen LogP contribution in [-0.4, -0.2) is 30.0 Å². The summed E-state index contributed by atoms with van der Waals surface area (Å²) in [7, 11) is -4.29. The van der Waals surface area contributed by atoms with E-state index in [0.29, 0.717) is 0 Å². The molecule has 0 radical (unpaired) electrons. The van der Waals surface area contributed by atoms with Gasteiger partial charge < -0.3 is 18.8 Å². The van der Waals surface area contributed by atoms with Gasteiger partial charge in [-0.05, 0) is 6.42 Å². The van der Waals surface area contributed by atoms with E-state index in [1.807, 2.05) is 0 Å². The Morgan fingerprint density at radius 3 is 0.553 bits per heavy atom. The molecule has 0 heterocycles. The maximum atomic E-state index is 8.78. The van der Waals surface area contributed by atoms with Crippen LogP contribution in [0.4, 0.5) is 0 Å². The summed E-state index contributed by atoms with van der Waals surface area (Å²) in [6.07, 6.45) is 56.5. The van der Waals surface area contributed by atoms with E-state index in [1.165, 1.54) is 244 Å². The Labute approximate surface area is 297 Å². The smallest absolute Gasteiger partial charge is 0.368 e. The molecule has 0 aromatic heterocycles. The lowest BCUT2D eigenvalue weighted by molar-refractivity contribution is 0.0618. The van der Waals surface area contributed by atoms with E-state index in [9.17, 15) is 0 Å². The van der Waals surface area contributed by atoms with E-state index in [-0.39, 0.29) is 6.61 Å². The van der Waals surface area contributed by atoms with Gasteiger partial charge in [-0.3, -0.25) is 0 Å². The fraction of sp³-hybridized carbons (Fsp3) is 1.00. The molecule has 0 bridgehead atoms. The molecule has 0 saturated carbocycles. The predicted molar refractivity (Wildman–Crippen MR) is 209 cm³/mol. The number of hydrogen-bond acceptors (Lipinski definition) is 4. The van der Waals surface area contributed by atoms with Crippen LogP contribution in [0.25, 0.3) is 0 Å². The molecule has 0 amide bonds. The Bertz CT molecular complexity index is 553. The van der Waals surface area contributed by atoms with Crippen molar-refractivity contribution >= 4 is 9.05 Å². The van der Waals surface area contributed by atoms with Crippen molar-refractivity contribution in [2.75, 3.05) is 6.61 Å². The minimum atomic E-state index is -4.29. The summed E-state index contributed by atoms with van der Waals surface area (Å²) in [6, 6.07) is 0. The van der Waals surface area contributed by atoms with Gasteiger partial charge in [0, 0.05) is 6.61 Å². The van der Waals surface area contributed by atoms with Gasteiger partial charge >= 0.3 is 9.05 Å². The molecule has 0 atom stereocenters. The highest BCUT2D eigenvalue weighted by atomic mass is 28.4. The van der Waals surface area contributed by atoms with Crippen molar-refractivity contribution in [2.24, 2.45) is 0 Å². The molecule has 0 aromatic rings. The normalized spacial score (nSPS) is 12.0. The molecule has 0 aliphatic heterocycles. The van der Waals surface area contributed by atoms with Crippen LogP contribution in [0.15, 0.2) is 0 Å². The quantitative estimate of drug-likeness (QED) is 0.0442. The molecule has 0 aromatic carbocycles. The van der Waals surface area contributed by atoms with Crippen LogP contribution < -0.4 is 0 Å². The summed E-state index contributed by atoms with van der Waals surface area (Å²) < 4.78 is 4.61. The second-order valence-corrected chi connectivity index (χ2v) is 16.6. The first kappa shape index (κ1) is 47.1. The highest BCUT2D eigenvalue weighted by molar-refractivity contribution is 6.48. The molecule has 4 nitrogen and oxygen atoms in total. The molecular weight excluding hydrogens is 597 g/mol. The van der Waals surface area contributed by atoms with Crippen LogP contribution in [0.1, 0.15) is 264 Å². The van der Waals surface area contributed by atoms with Crippen LogP contribution in [0.5, 0.6) is 0 Å². The fourth-order valence-electron chi connectivity index (χ4n) is 7.10. The van der Waals surface area contributed by atoms with E-state index >= 15 is 0 Å². The van der Waals surface area contributed by atoms with E-state index < -0.39 is 9.05 Å². The van der Waals surface area contributed by atoms with Crippen molar-refractivity contribution in [1.29, 1.82) is 0 Å². The van der Waals surface area contributed by atoms with E-state index in [0.717, 1.165) is 12.8 Å². The maximum Gasteiger partial charge on any atom is 0.671 e. The Hall–Kier alpha value is 0.0569. The lowest BCUT2D eigenvalue weighted by Gasteiger charge is -2.09. The van der Waals surface area contributed by atoms with Gasteiger partial charge in [0.15, 0.2) is 0 Å². The third-order valence-corrected chi connectivity index (χ3v) is 10.9. The highest BCUT2D eigenvalue weighted by Crippen LogP contribution is 2.17. The zero-order valence-electron chi connectivity index (χ0n) is 32.2. The van der Waals surface area contributed by atoms with Crippen molar-refractivity contribution in [3.63, 3.8) is 0 Å². The van der Waals surface area contributed by atoms with E-state index in [4.69, 9.17) is 14.4 Å². The molecule has 0 aliphatic rings. The third kappa shape index (κ3) is 46.1. The Morgan fingerprint density at radius 1 is 0.255 bits per heavy atom. The lowest BCUT2D eigenvalue weighted by Crippen LogP contribution is -2.39. The number of unbranched alkanes of at least 4 members (excludes halogenated alkanes) is 39. The largest absolute Gasteiger partial charge is 0.671 e. The molecule has 0 rings (SSSR count). The second-order valence-electron chi connectivity index (χ2n) is 15.2. The van der Waals surface area contributed by atoms with Crippen molar-refractivity contribution < 1.29 is 18.8 Å². The summed E-state index contributed by atoms with van der Waals surface area (Å²) in [5.41, 5.74) is 0. The molecule has 0 saturated heterocycles. The van der Waals surface area contributed by atoms with Gasteiger partial charge in [0.25, 0.3) is 0 Å². The Kier molecular flexibility index (Phi) is 40.5. The highest BCUT2D eigenvalue weighted by Gasteiger charge is 2.29. The Balaban J connectivity index is 3.05. The summed E-state index contributed by atoms with van der Waals surface area (Å²) in [5, 5.41) is 0. The zero-order chi connectivity index (χ0) is 34.2. The fourth-order valence-corrected chi connectivity index (χ4v) is 7.52.